The van der Waals surface area contributed by atoms with E-state index in [2.05, 4.69) is 15.6 Å². The number of hydrogen-bond acceptors (Lipinski definition) is 3. The molecule has 1 aromatic heterocycles. The van der Waals surface area contributed by atoms with Crippen molar-refractivity contribution in [1.82, 2.24) is 10.3 Å². The maximum atomic E-state index is 13.5. The van der Waals surface area contributed by atoms with Gasteiger partial charge in [-0.3, -0.25) is 9.78 Å². The summed E-state index contributed by atoms with van der Waals surface area (Å²) in [5, 5.41) is 6.94. The number of aromatic nitrogens is 1. The molecule has 0 aliphatic rings. The van der Waals surface area contributed by atoms with Gasteiger partial charge >= 0.3 is 0 Å². The molecule has 1 heterocycles. The number of para-hydroxylation sites is 1. The molecule has 3 aromatic rings. The Morgan fingerprint density at radius 2 is 1.88 bits per heavy atom. The van der Waals surface area contributed by atoms with Crippen LogP contribution in [0.15, 0.2) is 60.8 Å². The first kappa shape index (κ1) is 16.1. The van der Waals surface area contributed by atoms with Crippen molar-refractivity contribution in [2.24, 2.45) is 0 Å². The van der Waals surface area contributed by atoms with E-state index in [0.29, 0.717) is 30.8 Å². The van der Waals surface area contributed by atoms with Crippen molar-refractivity contribution in [1.29, 1.82) is 0 Å². The number of nitrogens with zero attached hydrogens (tertiary/aromatic N) is 1. The summed E-state index contributed by atoms with van der Waals surface area (Å²) in [5.41, 5.74) is 2.07. The first-order chi connectivity index (χ1) is 11.7. The largest absolute Gasteiger partial charge is 0.324 e. The Labute approximate surface area is 139 Å². The molecule has 2 aromatic carbocycles. The van der Waals surface area contributed by atoms with Gasteiger partial charge in [0.25, 0.3) is 0 Å². The quantitative estimate of drug-likeness (QED) is 0.683. The molecule has 0 aliphatic heterocycles. The van der Waals surface area contributed by atoms with Gasteiger partial charge in [0.05, 0.1) is 11.2 Å². The minimum absolute atomic E-state index is 0.103. The second-order valence-electron chi connectivity index (χ2n) is 5.45. The van der Waals surface area contributed by atoms with Crippen LogP contribution in [0.1, 0.15) is 12.0 Å². The molecule has 0 aliphatic carbocycles. The van der Waals surface area contributed by atoms with Gasteiger partial charge in [-0.25, -0.2) is 4.39 Å². The Kier molecular flexibility index (Phi) is 5.13. The van der Waals surface area contributed by atoms with E-state index in [0.717, 1.165) is 10.9 Å². The number of nitrogens with one attached hydrogen (secondary N) is 2. The highest BCUT2D eigenvalue weighted by atomic mass is 19.1. The molecule has 0 atom stereocenters. The van der Waals surface area contributed by atoms with E-state index in [9.17, 15) is 9.18 Å². The maximum absolute atomic E-state index is 13.5. The van der Waals surface area contributed by atoms with E-state index in [1.165, 1.54) is 6.07 Å². The number of halogens is 1. The third kappa shape index (κ3) is 3.94. The lowest BCUT2D eigenvalue weighted by molar-refractivity contribution is -0.116. The van der Waals surface area contributed by atoms with Gasteiger partial charge in [0.1, 0.15) is 5.82 Å². The van der Waals surface area contributed by atoms with Gasteiger partial charge in [0, 0.05) is 36.7 Å². The van der Waals surface area contributed by atoms with E-state index in [1.54, 1.807) is 24.4 Å². The van der Waals surface area contributed by atoms with Crippen LogP contribution in [0.25, 0.3) is 10.9 Å². The maximum Gasteiger partial charge on any atom is 0.225 e. The van der Waals surface area contributed by atoms with E-state index >= 15 is 0 Å². The Hall–Kier alpha value is -2.79. The fourth-order valence-electron chi connectivity index (χ4n) is 2.48. The van der Waals surface area contributed by atoms with Crippen LogP contribution in [-0.2, 0) is 11.3 Å². The third-order valence-corrected chi connectivity index (χ3v) is 3.71. The molecule has 0 unspecified atom stereocenters. The van der Waals surface area contributed by atoms with Gasteiger partial charge in [-0.05, 0) is 18.2 Å². The number of pyridine rings is 1. The summed E-state index contributed by atoms with van der Waals surface area (Å²) in [6.45, 7) is 0.869. The zero-order valence-electron chi connectivity index (χ0n) is 13.1. The van der Waals surface area contributed by atoms with E-state index in [4.69, 9.17) is 0 Å². The summed E-state index contributed by atoms with van der Waals surface area (Å²) < 4.78 is 13.5. The minimum atomic E-state index is -0.240. The predicted molar refractivity (Wildman–Crippen MR) is 93.1 cm³/mol. The zero-order chi connectivity index (χ0) is 16.8. The fourth-order valence-corrected chi connectivity index (χ4v) is 2.48. The number of rotatable bonds is 6. The van der Waals surface area contributed by atoms with Crippen LogP contribution in [0.5, 0.6) is 0 Å². The molecule has 4 nitrogen and oxygen atoms in total. The van der Waals surface area contributed by atoms with Gasteiger partial charge < -0.3 is 10.6 Å². The summed E-state index contributed by atoms with van der Waals surface area (Å²) in [6.07, 6.45) is 2.01. The monoisotopic (exact) mass is 323 g/mol. The summed E-state index contributed by atoms with van der Waals surface area (Å²) in [7, 11) is 0. The highest BCUT2D eigenvalue weighted by Crippen LogP contribution is 2.20. The molecule has 2 N–H and O–H groups in total. The van der Waals surface area contributed by atoms with Gasteiger partial charge in [-0.2, -0.15) is 0 Å². The lowest BCUT2D eigenvalue weighted by Gasteiger charge is -2.09. The van der Waals surface area contributed by atoms with Gasteiger partial charge in [0.2, 0.25) is 5.91 Å². The molecule has 122 valence electrons. The number of carbonyl (C=O) groups is 1. The first-order valence-electron chi connectivity index (χ1n) is 7.82. The van der Waals surface area contributed by atoms with Crippen molar-refractivity contribution in [2.45, 2.75) is 13.0 Å². The molecule has 0 bridgehead atoms. The van der Waals surface area contributed by atoms with Gasteiger partial charge in [-0.15, -0.1) is 0 Å². The molecule has 5 heteroatoms. The lowest BCUT2D eigenvalue weighted by atomic mass is 10.2. The molecule has 0 radical (unpaired) electrons. The van der Waals surface area contributed by atoms with Crippen LogP contribution in [0.4, 0.5) is 10.1 Å². The highest BCUT2D eigenvalue weighted by Gasteiger charge is 2.06. The summed E-state index contributed by atoms with van der Waals surface area (Å²) >= 11 is 0. The Balaban J connectivity index is 1.51. The fraction of sp³-hybridized carbons (Fsp3) is 0.158. The smallest absolute Gasteiger partial charge is 0.225 e. The van der Waals surface area contributed by atoms with Crippen molar-refractivity contribution in [3.05, 3.63) is 72.2 Å². The predicted octanol–water partition coefficient (Wildman–Crippen LogP) is 3.49. The molecule has 3 rings (SSSR count). The lowest BCUT2D eigenvalue weighted by Crippen LogP contribution is -2.22. The molecule has 0 fully saturated rings. The first-order valence-corrected chi connectivity index (χ1v) is 7.82. The average molecular weight is 323 g/mol. The van der Waals surface area contributed by atoms with Crippen LogP contribution < -0.4 is 10.6 Å². The van der Waals surface area contributed by atoms with Crippen molar-refractivity contribution < 1.29 is 9.18 Å². The van der Waals surface area contributed by atoms with Crippen molar-refractivity contribution >= 4 is 22.5 Å². The minimum Gasteiger partial charge on any atom is -0.324 e. The van der Waals surface area contributed by atoms with Crippen molar-refractivity contribution in [3.63, 3.8) is 0 Å². The molecule has 0 saturated carbocycles. The summed E-state index contributed by atoms with van der Waals surface area (Å²) in [5.74, 6) is -0.342. The van der Waals surface area contributed by atoms with E-state index in [1.807, 2.05) is 30.3 Å². The highest BCUT2D eigenvalue weighted by molar-refractivity contribution is 6.00. The summed E-state index contributed by atoms with van der Waals surface area (Å²) in [4.78, 5) is 16.4. The van der Waals surface area contributed by atoms with Gasteiger partial charge in [-0.1, -0.05) is 36.4 Å². The SMILES string of the molecule is O=C(CCNCc1ccccc1F)Nc1cccc2cccnc12. The number of amides is 1. The van der Waals surface area contributed by atoms with Crippen LogP contribution in [-0.4, -0.2) is 17.4 Å². The van der Waals surface area contributed by atoms with Crippen molar-refractivity contribution in [2.75, 3.05) is 11.9 Å². The van der Waals surface area contributed by atoms with Crippen molar-refractivity contribution in [3.8, 4) is 0 Å². The molecular weight excluding hydrogens is 305 g/mol. The number of fused-ring (bicyclic) bond motifs is 1. The third-order valence-electron chi connectivity index (χ3n) is 3.71. The second-order valence-corrected chi connectivity index (χ2v) is 5.45. The number of benzene rings is 2. The van der Waals surface area contributed by atoms with Crippen LogP contribution in [0.3, 0.4) is 0 Å². The van der Waals surface area contributed by atoms with Crippen LogP contribution in [0, 0.1) is 5.82 Å². The molecule has 0 spiro atoms. The normalized spacial score (nSPS) is 10.7. The molecule has 0 saturated heterocycles. The summed E-state index contributed by atoms with van der Waals surface area (Å²) in [6, 6.07) is 16.1. The van der Waals surface area contributed by atoms with Crippen LogP contribution in [0.2, 0.25) is 0 Å². The average Bonchev–Trinajstić information content (AvgIpc) is 2.60. The second kappa shape index (κ2) is 7.66. The molecule has 1 amide bonds. The number of carbonyl (C=O) groups excluding carboxylic acids is 1. The molecule has 24 heavy (non-hydrogen) atoms. The standard InChI is InChI=1S/C19H18FN3O/c20-16-8-2-1-5-15(16)13-21-12-10-18(24)23-17-9-3-6-14-7-4-11-22-19(14)17/h1-9,11,21H,10,12-13H2,(H,23,24). The Bertz CT molecular complexity index is 845. The van der Waals surface area contributed by atoms with E-state index < -0.39 is 0 Å². The number of anilines is 1. The topological polar surface area (TPSA) is 54.0 Å². The Morgan fingerprint density at radius 1 is 1.04 bits per heavy atom. The molecular formula is C19H18FN3O. The van der Waals surface area contributed by atoms with Crippen LogP contribution >= 0.6 is 0 Å². The van der Waals surface area contributed by atoms with Gasteiger partial charge in [0.15, 0.2) is 0 Å². The Morgan fingerprint density at radius 3 is 2.75 bits per heavy atom. The number of hydrogen-bond donors (Lipinski definition) is 2. The van der Waals surface area contributed by atoms with E-state index in [-0.39, 0.29) is 11.7 Å². The zero-order valence-corrected chi connectivity index (χ0v) is 13.1.